The van der Waals surface area contributed by atoms with Crippen LogP contribution >= 0.6 is 23.4 Å². The fourth-order valence-electron chi connectivity index (χ4n) is 2.55. The lowest BCUT2D eigenvalue weighted by molar-refractivity contribution is 0.399. The van der Waals surface area contributed by atoms with Crippen molar-refractivity contribution in [2.24, 2.45) is 0 Å². The van der Waals surface area contributed by atoms with E-state index < -0.39 is 5.82 Å². The zero-order chi connectivity index (χ0) is 20.8. The van der Waals surface area contributed by atoms with Crippen molar-refractivity contribution in [1.82, 2.24) is 9.97 Å². The van der Waals surface area contributed by atoms with E-state index in [9.17, 15) is 9.18 Å². The summed E-state index contributed by atoms with van der Waals surface area (Å²) in [5.41, 5.74) is 0.676. The zero-order valence-electron chi connectivity index (χ0n) is 15.3. The van der Waals surface area contributed by atoms with Gasteiger partial charge in [0, 0.05) is 29.0 Å². The number of benzene rings is 1. The summed E-state index contributed by atoms with van der Waals surface area (Å²) >= 11 is 7.56. The van der Waals surface area contributed by atoms with Crippen molar-refractivity contribution in [1.29, 1.82) is 0 Å². The molecule has 0 aliphatic carbocycles. The van der Waals surface area contributed by atoms with Gasteiger partial charge in [-0.1, -0.05) is 24.8 Å². The number of H-pyrrole nitrogens is 1. The Bertz CT molecular complexity index is 1140. The number of aliphatic hydroxyl groups excluding tert-OH is 1. The molecule has 3 N–H and O–H groups in total. The molecule has 3 aromatic rings. The quantitative estimate of drug-likeness (QED) is 0.411. The highest BCUT2D eigenvalue weighted by atomic mass is 35.5. The number of hydrogen-bond donors (Lipinski definition) is 3. The molecule has 0 radical (unpaired) electrons. The highest BCUT2D eigenvalue weighted by Crippen LogP contribution is 2.29. The number of nitrogens with zero attached hydrogens (tertiary/aromatic N) is 1. The molecule has 2 aromatic heterocycles. The van der Waals surface area contributed by atoms with E-state index in [0.717, 1.165) is 12.0 Å². The van der Waals surface area contributed by atoms with Crippen LogP contribution in [0, 0.1) is 5.82 Å². The maximum Gasteiger partial charge on any atom is 0.256 e. The second-order valence-electron chi connectivity index (χ2n) is 5.48. The van der Waals surface area contributed by atoms with Crippen molar-refractivity contribution in [3.05, 3.63) is 81.5 Å². The van der Waals surface area contributed by atoms with Crippen molar-refractivity contribution in [3.63, 3.8) is 0 Å². The predicted octanol–water partition coefficient (Wildman–Crippen LogP) is 4.75. The average molecular weight is 420 g/mol. The molecule has 2 heterocycles. The van der Waals surface area contributed by atoms with Crippen LogP contribution in [0.4, 0.5) is 10.2 Å². The van der Waals surface area contributed by atoms with Gasteiger partial charge >= 0.3 is 0 Å². The van der Waals surface area contributed by atoms with E-state index in [0.29, 0.717) is 33.2 Å². The molecule has 146 valence electrons. The summed E-state index contributed by atoms with van der Waals surface area (Å²) < 4.78 is 13.7. The smallest absolute Gasteiger partial charge is 0.256 e. The molecule has 0 unspecified atom stereocenters. The van der Waals surface area contributed by atoms with E-state index in [1.165, 1.54) is 36.2 Å². The number of halogens is 2. The summed E-state index contributed by atoms with van der Waals surface area (Å²) in [5.74, 6) is -0.0114. The number of fused-ring (bicyclic) bond motifs is 3. The fraction of sp³-hybridized carbons (Fsp3) is 0.100. The lowest BCUT2D eigenvalue weighted by Gasteiger charge is -2.13. The molecule has 5 nitrogen and oxygen atoms in total. The minimum atomic E-state index is -0.435. The maximum absolute atomic E-state index is 13.7. The monoisotopic (exact) mass is 419 g/mol. The van der Waals surface area contributed by atoms with Gasteiger partial charge in [0.15, 0.2) is 0 Å². The van der Waals surface area contributed by atoms with Gasteiger partial charge in [0.05, 0.1) is 21.6 Å². The third-order valence-corrected chi connectivity index (χ3v) is 4.63. The number of anilines is 1. The Morgan fingerprint density at radius 3 is 2.68 bits per heavy atom. The normalized spacial score (nSPS) is 11.1. The summed E-state index contributed by atoms with van der Waals surface area (Å²) in [6.07, 6.45) is 5.16. The van der Waals surface area contributed by atoms with Gasteiger partial charge in [-0.15, -0.1) is 11.8 Å². The van der Waals surface area contributed by atoms with Gasteiger partial charge < -0.3 is 15.4 Å². The lowest BCUT2D eigenvalue weighted by atomic mass is 10.1. The molecule has 1 aromatic carbocycles. The van der Waals surface area contributed by atoms with Crippen LogP contribution in [0.2, 0.25) is 0 Å². The van der Waals surface area contributed by atoms with Crippen LogP contribution in [0.1, 0.15) is 0 Å². The Morgan fingerprint density at radius 2 is 2.04 bits per heavy atom. The van der Waals surface area contributed by atoms with Gasteiger partial charge in [-0.3, -0.25) is 4.79 Å². The van der Waals surface area contributed by atoms with E-state index in [-0.39, 0.29) is 10.6 Å². The lowest BCUT2D eigenvalue weighted by Crippen LogP contribution is -2.09. The van der Waals surface area contributed by atoms with Crippen molar-refractivity contribution in [2.75, 3.05) is 18.7 Å². The number of aromatic nitrogens is 2. The molecule has 28 heavy (non-hydrogen) atoms. The first-order valence-corrected chi connectivity index (χ1v) is 9.62. The van der Waals surface area contributed by atoms with Gasteiger partial charge in [0.2, 0.25) is 0 Å². The van der Waals surface area contributed by atoms with Gasteiger partial charge in [0.25, 0.3) is 5.56 Å². The van der Waals surface area contributed by atoms with E-state index in [1.54, 1.807) is 12.1 Å². The molecule has 0 saturated carbocycles. The van der Waals surface area contributed by atoms with E-state index in [2.05, 4.69) is 28.4 Å². The van der Waals surface area contributed by atoms with Crippen molar-refractivity contribution in [3.8, 4) is 0 Å². The Hall–Kier alpha value is -2.61. The Balaban J connectivity index is 0.00000136. The van der Waals surface area contributed by atoms with E-state index in [1.807, 2.05) is 6.26 Å². The molecule has 0 saturated heterocycles. The second-order valence-corrected chi connectivity index (χ2v) is 6.86. The second kappa shape index (κ2) is 9.54. The minimum Gasteiger partial charge on any atom is -0.400 e. The molecule has 0 aliphatic rings. The molecular formula is C20H19ClFN3O2S. The third kappa shape index (κ3) is 4.62. The Morgan fingerprint density at radius 1 is 1.32 bits per heavy atom. The first-order chi connectivity index (χ1) is 13.4. The number of hydrogen-bond acceptors (Lipinski definition) is 5. The minimum absolute atomic E-state index is 0.277. The Labute approximate surface area is 170 Å². The molecule has 0 aliphatic heterocycles. The summed E-state index contributed by atoms with van der Waals surface area (Å²) in [6, 6.07) is 5.83. The van der Waals surface area contributed by atoms with Crippen LogP contribution in [0.15, 0.2) is 70.1 Å². The Kier molecular flexibility index (Phi) is 7.39. The van der Waals surface area contributed by atoms with Crippen LogP contribution in [-0.2, 0) is 0 Å². The maximum atomic E-state index is 13.7. The SMILES string of the molecule is C=C(/C=C(/Nc1nc2ccc(F)cc2c2c(=O)[nH]ccc12)C(=C)Cl)SC.CO. The summed E-state index contributed by atoms with van der Waals surface area (Å²) in [4.78, 5) is 20.3. The highest BCUT2D eigenvalue weighted by molar-refractivity contribution is 8.02. The van der Waals surface area contributed by atoms with Crippen LogP contribution in [-0.4, -0.2) is 28.4 Å². The fourth-order valence-corrected chi connectivity index (χ4v) is 2.89. The molecule has 0 spiro atoms. The van der Waals surface area contributed by atoms with Gasteiger partial charge in [-0.2, -0.15) is 0 Å². The molecule has 0 atom stereocenters. The molecule has 0 bridgehead atoms. The number of aliphatic hydroxyl groups is 1. The predicted molar refractivity (Wildman–Crippen MR) is 117 cm³/mol. The van der Waals surface area contributed by atoms with Crippen molar-refractivity contribution in [2.45, 2.75) is 0 Å². The average Bonchev–Trinajstić information content (AvgIpc) is 2.69. The largest absolute Gasteiger partial charge is 0.400 e. The van der Waals surface area contributed by atoms with Crippen LogP contribution in [0.3, 0.4) is 0 Å². The highest BCUT2D eigenvalue weighted by Gasteiger charge is 2.13. The number of rotatable bonds is 5. The first kappa shape index (κ1) is 21.7. The zero-order valence-corrected chi connectivity index (χ0v) is 16.9. The van der Waals surface area contributed by atoms with Crippen molar-refractivity contribution >= 4 is 50.9 Å². The summed E-state index contributed by atoms with van der Waals surface area (Å²) in [7, 11) is 1.00. The summed E-state index contributed by atoms with van der Waals surface area (Å²) in [5, 5.41) is 11.7. The first-order valence-electron chi connectivity index (χ1n) is 8.02. The third-order valence-electron chi connectivity index (χ3n) is 3.79. The van der Waals surface area contributed by atoms with E-state index >= 15 is 0 Å². The van der Waals surface area contributed by atoms with Gasteiger partial charge in [-0.05, 0) is 36.6 Å². The van der Waals surface area contributed by atoms with Crippen LogP contribution in [0.5, 0.6) is 0 Å². The molecule has 0 amide bonds. The van der Waals surface area contributed by atoms with E-state index in [4.69, 9.17) is 16.7 Å². The number of thioether (sulfide) groups is 1. The molecular weight excluding hydrogens is 401 g/mol. The standard InChI is InChI=1S/C19H15ClFN3OS.CH4O/c1-10(26-3)8-16(11(2)20)24-18-13-6-7-22-19(25)17(13)14-9-12(21)4-5-15(14)23-18;1-2/h4-9H,1-2H2,3H3,(H,22,25)(H,23,24);2H,1H3/b16-8+;. The van der Waals surface area contributed by atoms with Crippen molar-refractivity contribution < 1.29 is 9.50 Å². The molecule has 0 fully saturated rings. The number of aromatic amines is 1. The van der Waals surface area contributed by atoms with Crippen LogP contribution < -0.4 is 10.9 Å². The number of nitrogens with one attached hydrogen (secondary N) is 2. The van der Waals surface area contributed by atoms with Gasteiger partial charge in [-0.25, -0.2) is 9.37 Å². The van der Waals surface area contributed by atoms with Gasteiger partial charge in [0.1, 0.15) is 11.6 Å². The van der Waals surface area contributed by atoms with Crippen LogP contribution in [0.25, 0.3) is 21.7 Å². The summed E-state index contributed by atoms with van der Waals surface area (Å²) in [6.45, 7) is 7.65. The molecule has 8 heteroatoms. The molecule has 3 rings (SSSR count). The topological polar surface area (TPSA) is 78.0 Å². The number of allylic oxidation sites excluding steroid dienone is 2. The number of pyridine rings is 2.